The van der Waals surface area contributed by atoms with Gasteiger partial charge in [0, 0.05) is 27.1 Å². The van der Waals surface area contributed by atoms with Crippen molar-refractivity contribution < 1.29 is 9.53 Å². The summed E-state index contributed by atoms with van der Waals surface area (Å²) in [6.45, 7) is 0. The highest BCUT2D eigenvalue weighted by molar-refractivity contribution is 7.16. The molecule has 2 N–H and O–H groups in total. The van der Waals surface area contributed by atoms with Gasteiger partial charge in [-0.2, -0.15) is 0 Å². The number of carbonyl (C=O) groups excluding carboxylic acids is 1. The number of amides is 1. The Hall–Kier alpha value is -3.51. The molecule has 0 fully saturated rings. The molecule has 0 saturated heterocycles. The first-order valence-corrected chi connectivity index (χ1v) is 10.5. The summed E-state index contributed by atoms with van der Waals surface area (Å²) in [4.78, 5) is 23.8. The zero-order valence-corrected chi connectivity index (χ0v) is 17.2. The number of nitrogens with two attached hydrogens (primary N) is 1. The molecule has 148 valence electrons. The molecule has 2 heterocycles. The molecule has 0 spiro atoms. The summed E-state index contributed by atoms with van der Waals surface area (Å²) in [5.41, 5.74) is 11.0. The Kier molecular flexibility index (Phi) is 4.56. The van der Waals surface area contributed by atoms with E-state index in [1.54, 1.807) is 30.6 Å². The van der Waals surface area contributed by atoms with Crippen LogP contribution >= 0.6 is 11.3 Å². The van der Waals surface area contributed by atoms with Crippen LogP contribution in [0.2, 0.25) is 0 Å². The zero-order chi connectivity index (χ0) is 20.7. The van der Waals surface area contributed by atoms with Crippen LogP contribution in [0.5, 0.6) is 5.75 Å². The molecule has 0 saturated carbocycles. The van der Waals surface area contributed by atoms with Crippen molar-refractivity contribution in [2.24, 2.45) is 5.73 Å². The van der Waals surface area contributed by atoms with Gasteiger partial charge in [0.25, 0.3) is 0 Å². The minimum absolute atomic E-state index is 0.427. The van der Waals surface area contributed by atoms with Gasteiger partial charge in [-0.3, -0.25) is 4.79 Å². The summed E-state index contributed by atoms with van der Waals surface area (Å²) < 4.78 is 5.38. The van der Waals surface area contributed by atoms with Gasteiger partial charge in [-0.25, -0.2) is 9.97 Å². The Morgan fingerprint density at radius 1 is 1.07 bits per heavy atom. The summed E-state index contributed by atoms with van der Waals surface area (Å²) in [6.07, 6.45) is 3.75. The largest absolute Gasteiger partial charge is 0.497 e. The molecule has 2 aromatic carbocycles. The van der Waals surface area contributed by atoms with Crippen molar-refractivity contribution in [3.05, 3.63) is 76.8 Å². The van der Waals surface area contributed by atoms with E-state index in [1.165, 1.54) is 9.75 Å². The van der Waals surface area contributed by atoms with E-state index in [4.69, 9.17) is 15.5 Å². The molecule has 0 unspecified atom stereocenters. The van der Waals surface area contributed by atoms with Crippen molar-refractivity contribution in [2.45, 2.75) is 12.8 Å². The smallest absolute Gasteiger partial charge is 0.249 e. The monoisotopic (exact) mass is 413 g/mol. The van der Waals surface area contributed by atoms with Crippen molar-refractivity contribution in [1.82, 2.24) is 9.97 Å². The molecule has 5 rings (SSSR count). The highest BCUT2D eigenvalue weighted by atomic mass is 32.1. The van der Waals surface area contributed by atoms with E-state index in [-0.39, 0.29) is 0 Å². The van der Waals surface area contributed by atoms with Crippen LogP contribution < -0.4 is 10.5 Å². The lowest BCUT2D eigenvalue weighted by molar-refractivity contribution is 0.100. The SMILES string of the molecule is COc1cccc(-c2cc3c(s2)CCc2cnc(-c4ccccc4C(N)=O)nc2-3)c1. The average molecular weight is 414 g/mol. The molecule has 5 nitrogen and oxygen atoms in total. The van der Waals surface area contributed by atoms with E-state index in [2.05, 4.69) is 17.1 Å². The molecule has 0 aliphatic heterocycles. The number of carbonyl (C=O) groups is 1. The first kappa shape index (κ1) is 18.5. The van der Waals surface area contributed by atoms with Gasteiger partial charge in [0.2, 0.25) is 5.91 Å². The van der Waals surface area contributed by atoms with E-state index in [1.807, 2.05) is 36.5 Å². The predicted octanol–water partition coefficient (Wildman–Crippen LogP) is 4.75. The Labute approximate surface area is 178 Å². The van der Waals surface area contributed by atoms with E-state index < -0.39 is 5.91 Å². The third kappa shape index (κ3) is 3.15. The second-order valence-corrected chi connectivity index (χ2v) is 8.29. The summed E-state index contributed by atoms with van der Waals surface area (Å²) in [7, 11) is 1.68. The van der Waals surface area contributed by atoms with Crippen LogP contribution in [0.3, 0.4) is 0 Å². The number of rotatable bonds is 4. The maximum Gasteiger partial charge on any atom is 0.249 e. The number of primary amides is 1. The van der Waals surface area contributed by atoms with Gasteiger partial charge in [0.05, 0.1) is 18.4 Å². The molecule has 1 aliphatic rings. The Bertz CT molecular complexity index is 1280. The molecular weight excluding hydrogens is 394 g/mol. The predicted molar refractivity (Wildman–Crippen MR) is 119 cm³/mol. The summed E-state index contributed by atoms with van der Waals surface area (Å²) in [5, 5.41) is 0. The first-order chi connectivity index (χ1) is 14.6. The van der Waals surface area contributed by atoms with Crippen LogP contribution in [0.1, 0.15) is 20.8 Å². The number of thiophene rings is 1. The topological polar surface area (TPSA) is 78.1 Å². The average Bonchev–Trinajstić information content (AvgIpc) is 3.24. The second kappa shape index (κ2) is 7.39. The molecule has 2 aromatic heterocycles. The summed E-state index contributed by atoms with van der Waals surface area (Å²) >= 11 is 1.79. The van der Waals surface area contributed by atoms with E-state index >= 15 is 0 Å². The Morgan fingerprint density at radius 2 is 1.93 bits per heavy atom. The van der Waals surface area contributed by atoms with Crippen molar-refractivity contribution in [2.75, 3.05) is 7.11 Å². The lowest BCUT2D eigenvalue weighted by Crippen LogP contribution is -2.13. The minimum atomic E-state index is -0.483. The van der Waals surface area contributed by atoms with Crippen LogP contribution in [0, 0.1) is 0 Å². The van der Waals surface area contributed by atoms with Gasteiger partial charge >= 0.3 is 0 Å². The maximum absolute atomic E-state index is 11.9. The number of benzene rings is 2. The molecule has 1 amide bonds. The first-order valence-electron chi connectivity index (χ1n) is 9.66. The number of ether oxygens (including phenoxy) is 1. The molecular formula is C24H19N3O2S. The molecule has 30 heavy (non-hydrogen) atoms. The van der Waals surface area contributed by atoms with Gasteiger partial charge in [-0.1, -0.05) is 30.3 Å². The van der Waals surface area contributed by atoms with Crippen LogP contribution in [-0.4, -0.2) is 23.0 Å². The third-order valence-corrected chi connectivity index (χ3v) is 6.58. The fourth-order valence-corrected chi connectivity index (χ4v) is 4.98. The van der Waals surface area contributed by atoms with Gasteiger partial charge < -0.3 is 10.5 Å². The Balaban J connectivity index is 1.61. The normalized spacial score (nSPS) is 12.2. The van der Waals surface area contributed by atoms with Crippen molar-refractivity contribution in [3.63, 3.8) is 0 Å². The maximum atomic E-state index is 11.9. The Morgan fingerprint density at radius 3 is 2.77 bits per heavy atom. The third-order valence-electron chi connectivity index (χ3n) is 5.34. The van der Waals surface area contributed by atoms with Crippen molar-refractivity contribution in [3.8, 4) is 38.8 Å². The van der Waals surface area contributed by atoms with E-state index in [0.29, 0.717) is 17.0 Å². The minimum Gasteiger partial charge on any atom is -0.497 e. The van der Waals surface area contributed by atoms with Crippen LogP contribution in [0.15, 0.2) is 60.8 Å². The lowest BCUT2D eigenvalue weighted by Gasteiger charge is -2.16. The van der Waals surface area contributed by atoms with Crippen LogP contribution in [0.4, 0.5) is 0 Å². The molecule has 4 aromatic rings. The van der Waals surface area contributed by atoms with Gasteiger partial charge in [-0.05, 0) is 48.2 Å². The second-order valence-electron chi connectivity index (χ2n) is 7.16. The standard InChI is InChI=1S/C24H19N3O2S/c1-29-16-6-4-5-14(11-16)21-12-19-20(30-21)10-9-15-13-26-24(27-22(15)19)18-8-3-2-7-17(18)23(25)28/h2-8,11-13H,9-10H2,1H3,(H2,25,28). The fourth-order valence-electron chi connectivity index (χ4n) is 3.83. The number of aromatic nitrogens is 2. The fraction of sp³-hybridized carbons (Fsp3) is 0.125. The number of hydrogen-bond donors (Lipinski definition) is 1. The van der Waals surface area contributed by atoms with Crippen LogP contribution in [0.25, 0.3) is 33.1 Å². The van der Waals surface area contributed by atoms with Gasteiger partial charge in [0.15, 0.2) is 5.82 Å². The summed E-state index contributed by atoms with van der Waals surface area (Å²) in [5.74, 6) is 0.875. The summed E-state index contributed by atoms with van der Waals surface area (Å²) in [6, 6.07) is 17.5. The molecule has 0 radical (unpaired) electrons. The van der Waals surface area contributed by atoms with Crippen LogP contribution in [-0.2, 0) is 12.8 Å². The zero-order valence-electron chi connectivity index (χ0n) is 16.4. The van der Waals surface area contributed by atoms with E-state index in [9.17, 15) is 4.79 Å². The highest BCUT2D eigenvalue weighted by Gasteiger charge is 2.23. The molecule has 0 atom stereocenters. The van der Waals surface area contributed by atoms with Gasteiger partial charge in [0.1, 0.15) is 5.75 Å². The highest BCUT2D eigenvalue weighted by Crippen LogP contribution is 2.42. The number of aryl methyl sites for hydroxylation is 2. The van der Waals surface area contributed by atoms with Crippen molar-refractivity contribution >= 4 is 17.2 Å². The van der Waals surface area contributed by atoms with Gasteiger partial charge in [-0.15, -0.1) is 11.3 Å². The quantitative estimate of drug-likeness (QED) is 0.524. The molecule has 0 bridgehead atoms. The number of hydrogen-bond acceptors (Lipinski definition) is 5. The van der Waals surface area contributed by atoms with E-state index in [0.717, 1.165) is 41.0 Å². The lowest BCUT2D eigenvalue weighted by atomic mass is 9.95. The molecule has 6 heteroatoms. The number of fused-ring (bicyclic) bond motifs is 3. The number of methoxy groups -OCH3 is 1. The van der Waals surface area contributed by atoms with Crippen molar-refractivity contribution in [1.29, 1.82) is 0 Å². The number of nitrogens with zero attached hydrogens (tertiary/aromatic N) is 2. The molecule has 1 aliphatic carbocycles.